The molecular weight excluding hydrogens is 184 g/mol. The van der Waals surface area contributed by atoms with E-state index < -0.39 is 9.84 Å². The van der Waals surface area contributed by atoms with E-state index in [1.54, 1.807) is 6.92 Å². The minimum Gasteiger partial charge on any atom is -0.376 e. The summed E-state index contributed by atoms with van der Waals surface area (Å²) in [6.07, 6.45) is 0. The fraction of sp³-hybridized carbons (Fsp3) is 0.800. The largest absolute Gasteiger partial charge is 0.376 e. The van der Waals surface area contributed by atoms with Crippen LogP contribution in [0.5, 0.6) is 0 Å². The molecule has 0 amide bonds. The summed E-state index contributed by atoms with van der Waals surface area (Å²) in [6.45, 7) is 1.90. The molecule has 0 heterocycles. The number of sulfone groups is 1. The number of rotatable bonds is 4. The monoisotopic (exact) mass is 196 g/mol. The third-order valence-corrected chi connectivity index (χ3v) is 3.00. The lowest BCUT2D eigenvalue weighted by Crippen LogP contribution is -2.33. The topological polar surface area (TPSA) is 72.2 Å². The van der Waals surface area contributed by atoms with E-state index >= 15 is 0 Å². The molecule has 0 saturated carbocycles. The molecule has 0 radical (unpaired) electrons. The Balaban J connectivity index is 3.63. The summed E-state index contributed by atoms with van der Waals surface area (Å²) in [4.78, 5) is 0. The summed E-state index contributed by atoms with van der Waals surface area (Å²) < 4.78 is 21.7. The van der Waals surface area contributed by atoms with Gasteiger partial charge in [-0.2, -0.15) is 0 Å². The van der Waals surface area contributed by atoms with Crippen molar-refractivity contribution >= 4 is 27.2 Å². The van der Waals surface area contributed by atoms with E-state index in [0.29, 0.717) is 6.54 Å². The van der Waals surface area contributed by atoms with Crippen LogP contribution in [0.15, 0.2) is 0 Å². The van der Waals surface area contributed by atoms with E-state index in [1.807, 2.05) is 0 Å². The SMILES string of the molecule is CCS(=O)(=O)CCNC(N)=S. The Morgan fingerprint density at radius 3 is 2.55 bits per heavy atom. The van der Waals surface area contributed by atoms with E-state index in [2.05, 4.69) is 17.5 Å². The second kappa shape index (κ2) is 4.50. The van der Waals surface area contributed by atoms with E-state index in [-0.39, 0.29) is 16.6 Å². The second-order valence-corrected chi connectivity index (χ2v) is 4.94. The van der Waals surface area contributed by atoms with Crippen LogP contribution in [-0.4, -0.2) is 31.6 Å². The summed E-state index contributed by atoms with van der Waals surface area (Å²) in [5.74, 6) is 0.243. The second-order valence-electron chi connectivity index (χ2n) is 2.03. The highest BCUT2D eigenvalue weighted by Crippen LogP contribution is 1.86. The number of nitrogens with one attached hydrogen (secondary N) is 1. The van der Waals surface area contributed by atoms with Gasteiger partial charge in [-0.25, -0.2) is 8.42 Å². The van der Waals surface area contributed by atoms with Gasteiger partial charge in [0.15, 0.2) is 14.9 Å². The minimum atomic E-state index is -2.89. The summed E-state index contributed by atoms with van der Waals surface area (Å²) in [5, 5.41) is 2.70. The maximum atomic E-state index is 10.9. The zero-order chi connectivity index (χ0) is 8.91. The molecule has 0 aliphatic rings. The van der Waals surface area contributed by atoms with Crippen molar-refractivity contribution in [3.63, 3.8) is 0 Å². The Morgan fingerprint density at radius 2 is 2.18 bits per heavy atom. The van der Waals surface area contributed by atoms with Gasteiger partial charge in [-0.05, 0) is 12.2 Å². The van der Waals surface area contributed by atoms with Crippen molar-refractivity contribution in [3.05, 3.63) is 0 Å². The minimum absolute atomic E-state index is 0.0842. The van der Waals surface area contributed by atoms with Crippen LogP contribution in [0.25, 0.3) is 0 Å². The molecule has 0 unspecified atom stereocenters. The molecule has 6 heteroatoms. The highest BCUT2D eigenvalue weighted by atomic mass is 32.2. The van der Waals surface area contributed by atoms with Crippen LogP contribution >= 0.6 is 12.2 Å². The third-order valence-electron chi connectivity index (χ3n) is 1.15. The first-order valence-electron chi connectivity index (χ1n) is 3.21. The van der Waals surface area contributed by atoms with E-state index in [1.165, 1.54) is 0 Å². The fourth-order valence-corrected chi connectivity index (χ4v) is 1.28. The average molecular weight is 196 g/mol. The summed E-state index contributed by atoms with van der Waals surface area (Å²) in [5.41, 5.74) is 5.09. The van der Waals surface area contributed by atoms with Crippen LogP contribution < -0.4 is 11.1 Å². The zero-order valence-electron chi connectivity index (χ0n) is 6.33. The normalized spacial score (nSPS) is 11.0. The van der Waals surface area contributed by atoms with Crippen molar-refractivity contribution in [2.24, 2.45) is 5.73 Å². The maximum Gasteiger partial charge on any atom is 0.163 e. The van der Waals surface area contributed by atoms with Crippen LogP contribution in [0.1, 0.15) is 6.92 Å². The van der Waals surface area contributed by atoms with Crippen molar-refractivity contribution < 1.29 is 8.42 Å². The molecule has 0 aromatic carbocycles. The van der Waals surface area contributed by atoms with Crippen molar-refractivity contribution in [2.45, 2.75) is 6.92 Å². The highest BCUT2D eigenvalue weighted by Gasteiger charge is 2.05. The van der Waals surface area contributed by atoms with Gasteiger partial charge in [0.1, 0.15) is 0 Å². The Morgan fingerprint density at radius 1 is 1.64 bits per heavy atom. The molecule has 4 nitrogen and oxygen atoms in total. The lowest BCUT2D eigenvalue weighted by molar-refractivity contribution is 0.596. The van der Waals surface area contributed by atoms with Crippen LogP contribution in [-0.2, 0) is 9.84 Å². The van der Waals surface area contributed by atoms with Crippen LogP contribution in [0.2, 0.25) is 0 Å². The van der Waals surface area contributed by atoms with Crippen molar-refractivity contribution in [1.29, 1.82) is 0 Å². The zero-order valence-corrected chi connectivity index (χ0v) is 7.96. The van der Waals surface area contributed by atoms with Gasteiger partial charge in [0, 0.05) is 12.3 Å². The molecule has 0 aliphatic heterocycles. The van der Waals surface area contributed by atoms with Gasteiger partial charge in [0.05, 0.1) is 5.75 Å². The summed E-state index contributed by atoms with van der Waals surface area (Å²) in [7, 11) is -2.89. The van der Waals surface area contributed by atoms with Crippen LogP contribution in [0, 0.1) is 0 Å². The lowest BCUT2D eigenvalue weighted by atomic mass is 10.7. The van der Waals surface area contributed by atoms with Crippen molar-refractivity contribution in [3.8, 4) is 0 Å². The average Bonchev–Trinajstić information content (AvgIpc) is 1.87. The Labute approximate surface area is 72.1 Å². The first-order chi connectivity index (χ1) is 4.98. The van der Waals surface area contributed by atoms with E-state index in [9.17, 15) is 8.42 Å². The highest BCUT2D eigenvalue weighted by molar-refractivity contribution is 7.91. The van der Waals surface area contributed by atoms with Gasteiger partial charge in [-0.15, -0.1) is 0 Å². The third kappa shape index (κ3) is 6.05. The van der Waals surface area contributed by atoms with Crippen molar-refractivity contribution in [1.82, 2.24) is 5.32 Å². The Kier molecular flexibility index (Phi) is 4.36. The van der Waals surface area contributed by atoms with E-state index in [0.717, 1.165) is 0 Å². The number of hydrogen-bond acceptors (Lipinski definition) is 3. The first-order valence-corrected chi connectivity index (χ1v) is 5.44. The van der Waals surface area contributed by atoms with E-state index in [4.69, 9.17) is 5.73 Å². The molecule has 0 aromatic rings. The molecule has 0 spiro atoms. The molecule has 11 heavy (non-hydrogen) atoms. The van der Waals surface area contributed by atoms with Gasteiger partial charge >= 0.3 is 0 Å². The van der Waals surface area contributed by atoms with Gasteiger partial charge < -0.3 is 11.1 Å². The predicted octanol–water partition coefficient (Wildman–Crippen LogP) is -0.746. The molecule has 3 N–H and O–H groups in total. The molecule has 0 atom stereocenters. The molecule has 0 fully saturated rings. The summed E-state index contributed by atoms with van der Waals surface area (Å²) >= 11 is 4.49. The number of nitrogens with two attached hydrogens (primary N) is 1. The molecular formula is C5H12N2O2S2. The predicted molar refractivity (Wildman–Crippen MR) is 49.1 cm³/mol. The van der Waals surface area contributed by atoms with Gasteiger partial charge in [0.25, 0.3) is 0 Å². The molecule has 0 saturated heterocycles. The first kappa shape index (κ1) is 10.6. The molecule has 66 valence electrons. The quantitative estimate of drug-likeness (QED) is 0.579. The Bertz CT molecular complexity index is 223. The smallest absolute Gasteiger partial charge is 0.163 e. The number of thiocarbonyl (C=S) groups is 1. The molecule has 0 bridgehead atoms. The standard InChI is InChI=1S/C5H12N2O2S2/c1-2-11(8,9)4-3-7-5(6)10/h2-4H2,1H3,(H3,6,7,10). The van der Waals surface area contributed by atoms with Crippen LogP contribution in [0.3, 0.4) is 0 Å². The van der Waals surface area contributed by atoms with Gasteiger partial charge in [0.2, 0.25) is 0 Å². The van der Waals surface area contributed by atoms with Crippen molar-refractivity contribution in [2.75, 3.05) is 18.1 Å². The summed E-state index contributed by atoms with van der Waals surface area (Å²) in [6, 6.07) is 0. The van der Waals surface area contributed by atoms with Gasteiger partial charge in [-0.1, -0.05) is 6.92 Å². The number of hydrogen-bond donors (Lipinski definition) is 2. The molecule has 0 aliphatic carbocycles. The maximum absolute atomic E-state index is 10.9. The molecule has 0 rings (SSSR count). The lowest BCUT2D eigenvalue weighted by Gasteiger charge is -2.02. The Hall–Kier alpha value is -0.360. The van der Waals surface area contributed by atoms with Crippen LogP contribution in [0.4, 0.5) is 0 Å². The van der Waals surface area contributed by atoms with Gasteiger partial charge in [-0.3, -0.25) is 0 Å². The fourth-order valence-electron chi connectivity index (χ4n) is 0.474. The molecule has 0 aromatic heterocycles.